The second-order valence-electron chi connectivity index (χ2n) is 4.62. The van der Waals surface area contributed by atoms with Crippen LogP contribution in [0.15, 0.2) is 45.8 Å². The number of hydrogen-bond acceptors (Lipinski definition) is 2. The molecule has 3 rings (SSSR count). The van der Waals surface area contributed by atoms with Crippen LogP contribution in [-0.2, 0) is 0 Å². The molecule has 20 heavy (non-hydrogen) atoms. The van der Waals surface area contributed by atoms with E-state index in [1.165, 1.54) is 11.0 Å². The van der Waals surface area contributed by atoms with Crippen molar-refractivity contribution in [2.45, 2.75) is 17.4 Å². The van der Waals surface area contributed by atoms with E-state index >= 15 is 0 Å². The highest BCUT2D eigenvalue weighted by atomic mass is 79.9. The van der Waals surface area contributed by atoms with Gasteiger partial charge >= 0.3 is 0 Å². The molecule has 1 aliphatic rings. The van der Waals surface area contributed by atoms with Gasteiger partial charge in [-0.25, -0.2) is 8.78 Å². The van der Waals surface area contributed by atoms with Crippen molar-refractivity contribution in [1.29, 1.82) is 0 Å². The number of thioether (sulfide) groups is 1. The molecule has 0 saturated heterocycles. The first-order valence-corrected chi connectivity index (χ1v) is 8.06. The van der Waals surface area contributed by atoms with Crippen molar-refractivity contribution in [3.05, 3.63) is 58.1 Å². The van der Waals surface area contributed by atoms with Crippen molar-refractivity contribution < 1.29 is 8.78 Å². The fourth-order valence-corrected chi connectivity index (χ4v) is 3.75. The summed E-state index contributed by atoms with van der Waals surface area (Å²) in [5.41, 5.74) is 1.35. The second-order valence-corrected chi connectivity index (χ2v) is 6.61. The number of anilines is 1. The minimum Gasteiger partial charge on any atom is -0.376 e. The molecule has 1 atom stereocenters. The Bertz CT molecular complexity index is 648. The summed E-state index contributed by atoms with van der Waals surface area (Å²) < 4.78 is 27.6. The van der Waals surface area contributed by atoms with E-state index in [4.69, 9.17) is 0 Å². The van der Waals surface area contributed by atoms with Crippen molar-refractivity contribution in [2.75, 3.05) is 11.1 Å². The van der Waals surface area contributed by atoms with Crippen LogP contribution in [0.1, 0.15) is 18.0 Å². The topological polar surface area (TPSA) is 12.0 Å². The third-order valence-electron chi connectivity index (χ3n) is 3.30. The van der Waals surface area contributed by atoms with Crippen LogP contribution >= 0.6 is 27.7 Å². The molecule has 1 heterocycles. The lowest BCUT2D eigenvalue weighted by Crippen LogP contribution is -2.16. The Hall–Kier alpha value is -1.07. The quantitative estimate of drug-likeness (QED) is 0.726. The molecule has 5 heteroatoms. The van der Waals surface area contributed by atoms with Crippen molar-refractivity contribution in [2.24, 2.45) is 0 Å². The van der Waals surface area contributed by atoms with Crippen LogP contribution in [0.2, 0.25) is 0 Å². The normalized spacial score (nSPS) is 17.6. The molecule has 104 valence electrons. The van der Waals surface area contributed by atoms with Crippen molar-refractivity contribution in [3.8, 4) is 0 Å². The van der Waals surface area contributed by atoms with Gasteiger partial charge in [0, 0.05) is 16.7 Å². The zero-order chi connectivity index (χ0) is 14.1. The SMILES string of the molecule is Fc1cc(NC2CCSc3ccccc32)c(F)cc1Br. The summed E-state index contributed by atoms with van der Waals surface area (Å²) in [6.45, 7) is 0. The fourth-order valence-electron chi connectivity index (χ4n) is 2.31. The lowest BCUT2D eigenvalue weighted by Gasteiger charge is -2.27. The highest BCUT2D eigenvalue weighted by Crippen LogP contribution is 2.38. The molecule has 2 aromatic rings. The molecule has 2 aromatic carbocycles. The van der Waals surface area contributed by atoms with Gasteiger partial charge in [-0.2, -0.15) is 0 Å². The molecule has 0 aliphatic carbocycles. The first-order chi connectivity index (χ1) is 9.65. The van der Waals surface area contributed by atoms with E-state index < -0.39 is 11.6 Å². The molecule has 0 fully saturated rings. The van der Waals surface area contributed by atoms with Gasteiger partial charge in [-0.1, -0.05) is 18.2 Å². The molecule has 0 saturated carbocycles. The van der Waals surface area contributed by atoms with E-state index in [2.05, 4.69) is 27.3 Å². The molecule has 1 unspecified atom stereocenters. The van der Waals surface area contributed by atoms with Gasteiger partial charge < -0.3 is 5.32 Å². The molecule has 0 bridgehead atoms. The highest BCUT2D eigenvalue weighted by Gasteiger charge is 2.21. The summed E-state index contributed by atoms with van der Waals surface area (Å²) >= 11 is 4.78. The van der Waals surface area contributed by atoms with Crippen molar-refractivity contribution >= 4 is 33.4 Å². The van der Waals surface area contributed by atoms with E-state index in [-0.39, 0.29) is 16.2 Å². The third kappa shape index (κ3) is 2.69. The summed E-state index contributed by atoms with van der Waals surface area (Å²) in [5, 5.41) is 3.12. The highest BCUT2D eigenvalue weighted by molar-refractivity contribution is 9.10. The first kappa shape index (κ1) is 13.9. The van der Waals surface area contributed by atoms with Gasteiger partial charge in [0.05, 0.1) is 16.2 Å². The molecular weight excluding hydrogens is 344 g/mol. The molecular formula is C15H12BrF2NS. The van der Waals surface area contributed by atoms with E-state index in [0.29, 0.717) is 0 Å². The summed E-state index contributed by atoms with van der Waals surface area (Å²) in [7, 11) is 0. The molecule has 1 nitrogen and oxygen atoms in total. The average molecular weight is 356 g/mol. The lowest BCUT2D eigenvalue weighted by atomic mass is 10.0. The van der Waals surface area contributed by atoms with Crippen LogP contribution in [0.3, 0.4) is 0 Å². The summed E-state index contributed by atoms with van der Waals surface area (Å²) in [4.78, 5) is 1.20. The number of benzene rings is 2. The Morgan fingerprint density at radius 1 is 1.15 bits per heavy atom. The Labute approximate surface area is 128 Å². The zero-order valence-corrected chi connectivity index (χ0v) is 12.9. The molecule has 0 aromatic heterocycles. The molecule has 0 amide bonds. The molecule has 0 spiro atoms. The van der Waals surface area contributed by atoms with Gasteiger partial charge in [-0.05, 0) is 40.0 Å². The van der Waals surface area contributed by atoms with Gasteiger partial charge in [-0.15, -0.1) is 11.8 Å². The monoisotopic (exact) mass is 355 g/mol. The van der Waals surface area contributed by atoms with Crippen LogP contribution in [-0.4, -0.2) is 5.75 Å². The maximum atomic E-state index is 13.9. The molecule has 0 radical (unpaired) electrons. The Morgan fingerprint density at radius 2 is 1.95 bits per heavy atom. The maximum absolute atomic E-state index is 13.9. The Kier molecular flexibility index (Phi) is 3.98. The van der Waals surface area contributed by atoms with Crippen molar-refractivity contribution in [3.63, 3.8) is 0 Å². The Morgan fingerprint density at radius 3 is 2.80 bits per heavy atom. The number of halogens is 3. The molecule has 1 N–H and O–H groups in total. The van der Waals surface area contributed by atoms with E-state index in [9.17, 15) is 8.78 Å². The number of nitrogens with one attached hydrogen (secondary N) is 1. The van der Waals surface area contributed by atoms with Gasteiger partial charge in [0.15, 0.2) is 0 Å². The number of hydrogen-bond donors (Lipinski definition) is 1. The lowest BCUT2D eigenvalue weighted by molar-refractivity contribution is 0.592. The standard InChI is InChI=1S/C15H12BrF2NS/c16-10-7-12(18)14(8-11(10)17)19-13-5-6-20-15-4-2-1-3-9(13)15/h1-4,7-8,13,19H,5-6H2. The smallest absolute Gasteiger partial charge is 0.147 e. The average Bonchev–Trinajstić information content (AvgIpc) is 2.45. The van der Waals surface area contributed by atoms with Crippen LogP contribution in [0.25, 0.3) is 0 Å². The minimum atomic E-state index is -0.465. The fraction of sp³-hybridized carbons (Fsp3) is 0.200. The van der Waals surface area contributed by atoms with Gasteiger partial charge in [0.25, 0.3) is 0 Å². The first-order valence-electron chi connectivity index (χ1n) is 6.28. The van der Waals surface area contributed by atoms with Gasteiger partial charge in [0.2, 0.25) is 0 Å². The second kappa shape index (κ2) is 5.74. The molecule has 1 aliphatic heterocycles. The zero-order valence-electron chi connectivity index (χ0n) is 10.5. The van der Waals surface area contributed by atoms with E-state index in [1.54, 1.807) is 11.8 Å². The van der Waals surface area contributed by atoms with Gasteiger partial charge in [-0.3, -0.25) is 0 Å². The summed E-state index contributed by atoms with van der Waals surface area (Å²) in [5.74, 6) is 0.0522. The van der Waals surface area contributed by atoms with Crippen LogP contribution < -0.4 is 5.32 Å². The minimum absolute atomic E-state index is 0.0162. The largest absolute Gasteiger partial charge is 0.376 e. The number of rotatable bonds is 2. The number of fused-ring (bicyclic) bond motifs is 1. The van der Waals surface area contributed by atoms with Crippen LogP contribution in [0.4, 0.5) is 14.5 Å². The van der Waals surface area contributed by atoms with Crippen LogP contribution in [0, 0.1) is 11.6 Å². The summed E-state index contributed by atoms with van der Waals surface area (Å²) in [6, 6.07) is 10.4. The van der Waals surface area contributed by atoms with Gasteiger partial charge in [0.1, 0.15) is 11.6 Å². The predicted molar refractivity (Wildman–Crippen MR) is 82.2 cm³/mol. The van der Waals surface area contributed by atoms with E-state index in [1.807, 2.05) is 18.2 Å². The summed E-state index contributed by atoms with van der Waals surface area (Å²) in [6.07, 6.45) is 0.888. The maximum Gasteiger partial charge on any atom is 0.147 e. The van der Waals surface area contributed by atoms with Crippen molar-refractivity contribution in [1.82, 2.24) is 0 Å². The van der Waals surface area contributed by atoms with Crippen LogP contribution in [0.5, 0.6) is 0 Å². The van der Waals surface area contributed by atoms with E-state index in [0.717, 1.165) is 23.8 Å². The predicted octanol–water partition coefficient (Wildman–Crippen LogP) is 5.38. The third-order valence-corrected chi connectivity index (χ3v) is 5.03. The Balaban J connectivity index is 1.91.